The van der Waals surface area contributed by atoms with Gasteiger partial charge in [-0.1, -0.05) is 20.8 Å². The highest BCUT2D eigenvalue weighted by Crippen LogP contribution is 2.22. The molecule has 0 saturated carbocycles. The molecule has 0 radical (unpaired) electrons. The third-order valence-corrected chi connectivity index (χ3v) is 4.57. The van der Waals surface area contributed by atoms with Crippen molar-refractivity contribution < 1.29 is 0 Å². The molecule has 1 aliphatic rings. The second-order valence-corrected chi connectivity index (χ2v) is 6.80. The molecule has 2 heterocycles. The topological polar surface area (TPSA) is 58.3 Å². The van der Waals surface area contributed by atoms with Crippen LogP contribution in [0.15, 0.2) is 0 Å². The summed E-state index contributed by atoms with van der Waals surface area (Å²) in [6.45, 7) is 12.8. The molecule has 0 aliphatic carbocycles. The van der Waals surface area contributed by atoms with Crippen molar-refractivity contribution in [3.8, 4) is 0 Å². The van der Waals surface area contributed by atoms with E-state index in [0.29, 0.717) is 11.8 Å². The standard InChI is InChI=1S/C14H27N5S/c1-11(2)13-16-14(20-17-13)19-6-4-5-18(7-8-19)10-12(3)9-15/h11-12H,4-10,15H2,1-3H3. The van der Waals surface area contributed by atoms with Gasteiger partial charge in [0.15, 0.2) is 0 Å². The minimum absolute atomic E-state index is 0.411. The molecule has 20 heavy (non-hydrogen) atoms. The summed E-state index contributed by atoms with van der Waals surface area (Å²) in [6, 6.07) is 0. The predicted molar refractivity (Wildman–Crippen MR) is 85.5 cm³/mol. The minimum Gasteiger partial charge on any atom is -0.346 e. The number of nitrogens with zero attached hydrogens (tertiary/aromatic N) is 4. The number of nitrogens with two attached hydrogens (primary N) is 1. The Bertz CT molecular complexity index is 406. The van der Waals surface area contributed by atoms with Crippen molar-refractivity contribution in [2.24, 2.45) is 11.7 Å². The number of hydrogen-bond donors (Lipinski definition) is 1. The molecule has 0 amide bonds. The quantitative estimate of drug-likeness (QED) is 0.897. The highest BCUT2D eigenvalue weighted by molar-refractivity contribution is 7.09. The zero-order valence-corrected chi connectivity index (χ0v) is 13.7. The van der Waals surface area contributed by atoms with E-state index in [4.69, 9.17) is 5.73 Å². The van der Waals surface area contributed by atoms with Crippen molar-refractivity contribution in [2.45, 2.75) is 33.1 Å². The van der Waals surface area contributed by atoms with Gasteiger partial charge in [-0.25, -0.2) is 4.98 Å². The number of anilines is 1. The molecular weight excluding hydrogens is 270 g/mol. The highest BCUT2D eigenvalue weighted by Gasteiger charge is 2.19. The number of hydrogen-bond acceptors (Lipinski definition) is 6. The molecule has 1 saturated heterocycles. The largest absolute Gasteiger partial charge is 0.346 e. The lowest BCUT2D eigenvalue weighted by molar-refractivity contribution is 0.255. The van der Waals surface area contributed by atoms with Crippen molar-refractivity contribution >= 4 is 16.7 Å². The second kappa shape index (κ2) is 7.33. The molecule has 2 rings (SSSR count). The zero-order chi connectivity index (χ0) is 14.5. The summed E-state index contributed by atoms with van der Waals surface area (Å²) in [4.78, 5) is 9.59. The first-order valence-electron chi connectivity index (χ1n) is 7.61. The van der Waals surface area contributed by atoms with Gasteiger partial charge < -0.3 is 15.5 Å². The van der Waals surface area contributed by atoms with Gasteiger partial charge in [0.25, 0.3) is 0 Å². The average molecular weight is 297 g/mol. The second-order valence-electron chi connectivity index (χ2n) is 6.07. The molecular formula is C14H27N5S. The summed E-state index contributed by atoms with van der Waals surface area (Å²) in [5, 5.41) is 1.09. The van der Waals surface area contributed by atoms with Crippen LogP contribution in [-0.4, -0.2) is 53.5 Å². The lowest BCUT2D eigenvalue weighted by Crippen LogP contribution is -2.35. The highest BCUT2D eigenvalue weighted by atomic mass is 32.1. The van der Waals surface area contributed by atoms with Crippen molar-refractivity contribution in [1.29, 1.82) is 0 Å². The monoisotopic (exact) mass is 297 g/mol. The van der Waals surface area contributed by atoms with Crippen molar-refractivity contribution in [2.75, 3.05) is 44.2 Å². The SMILES string of the molecule is CC(CN)CN1CCCN(c2nc(C(C)C)ns2)CC1. The van der Waals surface area contributed by atoms with Gasteiger partial charge in [0.2, 0.25) is 5.13 Å². The first-order chi connectivity index (χ1) is 9.60. The van der Waals surface area contributed by atoms with E-state index in [-0.39, 0.29) is 0 Å². The first kappa shape index (κ1) is 15.7. The van der Waals surface area contributed by atoms with Crippen LogP contribution in [0.3, 0.4) is 0 Å². The van der Waals surface area contributed by atoms with E-state index < -0.39 is 0 Å². The molecule has 2 N–H and O–H groups in total. The molecule has 1 unspecified atom stereocenters. The molecule has 0 aromatic carbocycles. The van der Waals surface area contributed by atoms with Gasteiger partial charge in [0, 0.05) is 43.6 Å². The molecule has 1 aliphatic heterocycles. The van der Waals surface area contributed by atoms with Crippen LogP contribution in [0.4, 0.5) is 5.13 Å². The van der Waals surface area contributed by atoms with E-state index in [0.717, 1.165) is 50.2 Å². The van der Waals surface area contributed by atoms with Crippen LogP contribution >= 0.6 is 11.5 Å². The van der Waals surface area contributed by atoms with Gasteiger partial charge >= 0.3 is 0 Å². The third kappa shape index (κ3) is 4.14. The van der Waals surface area contributed by atoms with E-state index in [2.05, 4.69) is 39.9 Å². The van der Waals surface area contributed by atoms with Crippen LogP contribution in [0.25, 0.3) is 0 Å². The molecule has 0 spiro atoms. The molecule has 114 valence electrons. The predicted octanol–water partition coefficient (Wildman–Crippen LogP) is 1.77. The van der Waals surface area contributed by atoms with Crippen molar-refractivity contribution in [3.63, 3.8) is 0 Å². The zero-order valence-electron chi connectivity index (χ0n) is 12.9. The smallest absolute Gasteiger partial charge is 0.205 e. The van der Waals surface area contributed by atoms with Gasteiger partial charge in [-0.05, 0) is 25.4 Å². The summed E-state index contributed by atoms with van der Waals surface area (Å²) in [7, 11) is 0. The van der Waals surface area contributed by atoms with Crippen LogP contribution in [0.5, 0.6) is 0 Å². The van der Waals surface area contributed by atoms with E-state index in [9.17, 15) is 0 Å². The lowest BCUT2D eigenvalue weighted by atomic mass is 10.1. The van der Waals surface area contributed by atoms with E-state index >= 15 is 0 Å². The molecule has 0 bridgehead atoms. The van der Waals surface area contributed by atoms with Crippen LogP contribution < -0.4 is 10.6 Å². The van der Waals surface area contributed by atoms with Gasteiger partial charge in [0.05, 0.1) is 0 Å². The van der Waals surface area contributed by atoms with E-state index in [1.54, 1.807) is 0 Å². The van der Waals surface area contributed by atoms with Gasteiger partial charge in [0.1, 0.15) is 5.82 Å². The third-order valence-electron chi connectivity index (χ3n) is 3.78. The summed E-state index contributed by atoms with van der Waals surface area (Å²) in [5.74, 6) is 1.97. The maximum absolute atomic E-state index is 5.72. The Morgan fingerprint density at radius 2 is 2.00 bits per heavy atom. The Kier molecular flexibility index (Phi) is 5.74. The first-order valence-corrected chi connectivity index (χ1v) is 8.38. The van der Waals surface area contributed by atoms with Gasteiger partial charge in [-0.15, -0.1) is 0 Å². The summed E-state index contributed by atoms with van der Waals surface area (Å²) >= 11 is 1.54. The Labute approximate surface area is 126 Å². The fourth-order valence-corrected chi connectivity index (χ4v) is 3.31. The maximum Gasteiger partial charge on any atom is 0.205 e. The fourth-order valence-electron chi connectivity index (χ4n) is 2.45. The Balaban J connectivity index is 1.91. The molecule has 1 aromatic heterocycles. The van der Waals surface area contributed by atoms with Crippen LogP contribution in [0.1, 0.15) is 38.9 Å². The van der Waals surface area contributed by atoms with Gasteiger partial charge in [-0.3, -0.25) is 0 Å². The fraction of sp³-hybridized carbons (Fsp3) is 0.857. The van der Waals surface area contributed by atoms with Crippen LogP contribution in [0.2, 0.25) is 0 Å². The van der Waals surface area contributed by atoms with Crippen molar-refractivity contribution in [1.82, 2.24) is 14.3 Å². The number of rotatable bonds is 5. The molecule has 1 fully saturated rings. The normalized spacial score (nSPS) is 19.4. The minimum atomic E-state index is 0.411. The molecule has 6 heteroatoms. The Hall–Kier alpha value is -0.720. The average Bonchev–Trinajstić information content (AvgIpc) is 2.81. The summed E-state index contributed by atoms with van der Waals surface area (Å²) in [6.07, 6.45) is 1.19. The van der Waals surface area contributed by atoms with Crippen molar-refractivity contribution in [3.05, 3.63) is 5.82 Å². The Morgan fingerprint density at radius 3 is 2.65 bits per heavy atom. The molecule has 5 nitrogen and oxygen atoms in total. The van der Waals surface area contributed by atoms with Gasteiger partial charge in [-0.2, -0.15) is 4.37 Å². The summed E-state index contributed by atoms with van der Waals surface area (Å²) in [5.41, 5.74) is 5.72. The Morgan fingerprint density at radius 1 is 1.20 bits per heavy atom. The van der Waals surface area contributed by atoms with E-state index in [1.807, 2.05) is 0 Å². The van der Waals surface area contributed by atoms with Crippen LogP contribution in [-0.2, 0) is 0 Å². The van der Waals surface area contributed by atoms with E-state index in [1.165, 1.54) is 18.0 Å². The summed E-state index contributed by atoms with van der Waals surface area (Å²) < 4.78 is 4.46. The lowest BCUT2D eigenvalue weighted by Gasteiger charge is -2.23. The molecule has 1 aromatic rings. The molecule has 1 atom stereocenters. The maximum atomic E-state index is 5.72. The van der Waals surface area contributed by atoms with Crippen LogP contribution in [0, 0.1) is 5.92 Å². The number of aromatic nitrogens is 2.